The van der Waals surface area contributed by atoms with Crippen LogP contribution in [0.15, 0.2) is 47.4 Å². The molecule has 4 N–H and O–H groups in total. The standard InChI is InChI=1S/C19H15Cl2N5O3/c1-26(10-3-4-11(20)12(21)7-10)17(9-2-5-14(27)15(28)6-9)18-23-13-8-22-25-16(13)19(29)24-18/h2-8,17,27-28H,1H3,(H,22,25)(H,23,24,29). The molecule has 1 unspecified atom stereocenters. The van der Waals surface area contributed by atoms with Crippen LogP contribution in [0.3, 0.4) is 0 Å². The van der Waals surface area contributed by atoms with Gasteiger partial charge < -0.3 is 20.1 Å². The highest BCUT2D eigenvalue weighted by Crippen LogP contribution is 2.36. The zero-order valence-corrected chi connectivity index (χ0v) is 16.5. The lowest BCUT2D eigenvalue weighted by atomic mass is 10.0. The van der Waals surface area contributed by atoms with Crippen molar-refractivity contribution in [3.63, 3.8) is 0 Å². The van der Waals surface area contributed by atoms with Gasteiger partial charge in [0.2, 0.25) is 0 Å². The molecule has 4 rings (SSSR count). The lowest BCUT2D eigenvalue weighted by Gasteiger charge is -2.30. The smallest absolute Gasteiger partial charge is 0.276 e. The average molecular weight is 432 g/mol. The number of phenolic OH excluding ortho intramolecular Hbond substituents is 2. The number of aromatic hydroxyl groups is 2. The maximum atomic E-state index is 12.5. The average Bonchev–Trinajstić information content (AvgIpc) is 3.16. The number of nitrogens with one attached hydrogen (secondary N) is 2. The van der Waals surface area contributed by atoms with Crippen molar-refractivity contribution in [1.29, 1.82) is 0 Å². The van der Waals surface area contributed by atoms with Crippen LogP contribution in [-0.4, -0.2) is 37.4 Å². The van der Waals surface area contributed by atoms with Crippen LogP contribution in [0, 0.1) is 0 Å². The van der Waals surface area contributed by atoms with E-state index in [1.807, 2.05) is 4.90 Å². The Bertz CT molecular complexity index is 1270. The molecule has 0 amide bonds. The first-order chi connectivity index (χ1) is 13.8. The third kappa shape index (κ3) is 3.48. The van der Waals surface area contributed by atoms with E-state index in [4.69, 9.17) is 23.2 Å². The molecule has 2 heterocycles. The van der Waals surface area contributed by atoms with Gasteiger partial charge in [0.1, 0.15) is 22.9 Å². The number of rotatable bonds is 4. The first-order valence-corrected chi connectivity index (χ1v) is 9.24. The van der Waals surface area contributed by atoms with Gasteiger partial charge in [-0.15, -0.1) is 0 Å². The minimum atomic E-state index is -0.620. The molecule has 0 aliphatic carbocycles. The van der Waals surface area contributed by atoms with E-state index in [0.29, 0.717) is 32.6 Å². The molecule has 0 fully saturated rings. The Balaban J connectivity index is 1.91. The molecule has 8 nitrogen and oxygen atoms in total. The summed E-state index contributed by atoms with van der Waals surface area (Å²) in [6, 6.07) is 8.92. The van der Waals surface area contributed by atoms with Crippen molar-refractivity contribution in [2.45, 2.75) is 6.04 Å². The summed E-state index contributed by atoms with van der Waals surface area (Å²) < 4.78 is 0. The fourth-order valence-corrected chi connectivity index (χ4v) is 3.42. The zero-order valence-electron chi connectivity index (χ0n) is 15.0. The Hall–Kier alpha value is -3.23. The van der Waals surface area contributed by atoms with Gasteiger partial charge in [0.15, 0.2) is 11.5 Å². The molecule has 29 heavy (non-hydrogen) atoms. The van der Waals surface area contributed by atoms with Crippen LogP contribution in [0.2, 0.25) is 10.0 Å². The summed E-state index contributed by atoms with van der Waals surface area (Å²) in [6.07, 6.45) is 1.46. The molecule has 0 aliphatic rings. The number of H-pyrrole nitrogens is 2. The minimum Gasteiger partial charge on any atom is -0.504 e. The summed E-state index contributed by atoms with van der Waals surface area (Å²) in [6.45, 7) is 0. The SMILES string of the molecule is CN(c1ccc(Cl)c(Cl)c1)C(c1ccc(O)c(O)c1)c1nc2cn[nH]c2c(=O)[nH]1. The van der Waals surface area contributed by atoms with E-state index in [1.54, 1.807) is 31.3 Å². The molecular formula is C19H15Cl2N5O3. The maximum absolute atomic E-state index is 12.5. The van der Waals surface area contributed by atoms with E-state index in [1.165, 1.54) is 18.3 Å². The topological polar surface area (TPSA) is 118 Å². The van der Waals surface area contributed by atoms with Gasteiger partial charge in [0.05, 0.1) is 16.2 Å². The molecule has 0 bridgehead atoms. The van der Waals surface area contributed by atoms with E-state index in [9.17, 15) is 15.0 Å². The number of aromatic amines is 2. The summed E-state index contributed by atoms with van der Waals surface area (Å²) in [7, 11) is 1.79. The Labute approximate surface area is 174 Å². The van der Waals surface area contributed by atoms with E-state index in [2.05, 4.69) is 20.2 Å². The molecule has 10 heteroatoms. The van der Waals surface area contributed by atoms with Gasteiger partial charge in [0.25, 0.3) is 5.56 Å². The molecule has 4 aromatic rings. The number of nitrogens with zero attached hydrogens (tertiary/aromatic N) is 3. The molecule has 2 aromatic heterocycles. The van der Waals surface area contributed by atoms with Crippen molar-refractivity contribution < 1.29 is 10.2 Å². The first-order valence-electron chi connectivity index (χ1n) is 8.48. The minimum absolute atomic E-state index is 0.253. The first kappa shape index (κ1) is 19.1. The number of fused-ring (bicyclic) bond motifs is 1. The van der Waals surface area contributed by atoms with Crippen molar-refractivity contribution in [3.8, 4) is 11.5 Å². The second-order valence-electron chi connectivity index (χ2n) is 6.44. The molecule has 2 aromatic carbocycles. The molecule has 0 saturated heterocycles. The van der Waals surface area contributed by atoms with Crippen molar-refractivity contribution in [2.75, 3.05) is 11.9 Å². The number of halogens is 2. The van der Waals surface area contributed by atoms with Gasteiger partial charge >= 0.3 is 0 Å². The molecule has 0 aliphatic heterocycles. The molecular weight excluding hydrogens is 417 g/mol. The van der Waals surface area contributed by atoms with Crippen LogP contribution in [0.25, 0.3) is 11.0 Å². The number of aromatic nitrogens is 4. The van der Waals surface area contributed by atoms with Crippen molar-refractivity contribution >= 4 is 39.9 Å². The number of hydrogen-bond acceptors (Lipinski definition) is 6. The Morgan fingerprint density at radius 3 is 2.59 bits per heavy atom. The van der Waals surface area contributed by atoms with Gasteiger partial charge in [0, 0.05) is 12.7 Å². The maximum Gasteiger partial charge on any atom is 0.276 e. The highest BCUT2D eigenvalue weighted by atomic mass is 35.5. The lowest BCUT2D eigenvalue weighted by molar-refractivity contribution is 0.402. The van der Waals surface area contributed by atoms with Crippen LogP contribution in [0.4, 0.5) is 5.69 Å². The highest BCUT2D eigenvalue weighted by Gasteiger charge is 2.25. The Morgan fingerprint density at radius 2 is 1.86 bits per heavy atom. The third-order valence-electron chi connectivity index (χ3n) is 4.60. The Kier molecular flexibility index (Phi) is 4.81. The van der Waals surface area contributed by atoms with Crippen LogP contribution < -0.4 is 10.5 Å². The van der Waals surface area contributed by atoms with Gasteiger partial charge in [-0.25, -0.2) is 4.98 Å². The van der Waals surface area contributed by atoms with Crippen molar-refractivity contribution in [3.05, 3.63) is 74.4 Å². The number of phenols is 2. The predicted octanol–water partition coefficient (Wildman–Crippen LogP) is 3.59. The molecule has 1 atom stereocenters. The number of anilines is 1. The highest BCUT2D eigenvalue weighted by molar-refractivity contribution is 6.42. The molecule has 0 radical (unpaired) electrons. The monoisotopic (exact) mass is 431 g/mol. The largest absolute Gasteiger partial charge is 0.504 e. The summed E-state index contributed by atoms with van der Waals surface area (Å²) in [5.41, 5.74) is 1.57. The zero-order chi connectivity index (χ0) is 20.7. The predicted molar refractivity (Wildman–Crippen MR) is 111 cm³/mol. The second kappa shape index (κ2) is 7.31. The summed E-state index contributed by atoms with van der Waals surface area (Å²) in [4.78, 5) is 21.6. The quantitative estimate of drug-likeness (QED) is 0.366. The summed E-state index contributed by atoms with van der Waals surface area (Å²) in [5.74, 6) is -0.222. The van der Waals surface area contributed by atoms with Gasteiger partial charge in [-0.1, -0.05) is 29.3 Å². The van der Waals surface area contributed by atoms with Gasteiger partial charge in [-0.3, -0.25) is 9.89 Å². The van der Waals surface area contributed by atoms with Gasteiger partial charge in [-0.05, 0) is 35.9 Å². The summed E-state index contributed by atoms with van der Waals surface area (Å²) in [5, 5.41) is 27.0. The van der Waals surface area contributed by atoms with E-state index < -0.39 is 6.04 Å². The number of benzene rings is 2. The number of hydrogen-bond donors (Lipinski definition) is 4. The van der Waals surface area contributed by atoms with E-state index in [0.717, 1.165) is 0 Å². The van der Waals surface area contributed by atoms with Gasteiger partial charge in [-0.2, -0.15) is 5.10 Å². The van der Waals surface area contributed by atoms with Crippen molar-refractivity contribution in [2.24, 2.45) is 0 Å². The third-order valence-corrected chi connectivity index (χ3v) is 5.34. The van der Waals surface area contributed by atoms with Crippen LogP contribution >= 0.6 is 23.2 Å². The van der Waals surface area contributed by atoms with Crippen LogP contribution in [0.5, 0.6) is 11.5 Å². The normalized spacial score (nSPS) is 12.2. The molecule has 148 valence electrons. The van der Waals surface area contributed by atoms with Crippen LogP contribution in [0.1, 0.15) is 17.4 Å². The van der Waals surface area contributed by atoms with E-state index in [-0.39, 0.29) is 22.6 Å². The fourth-order valence-electron chi connectivity index (χ4n) is 3.13. The molecule has 0 saturated carbocycles. The molecule has 0 spiro atoms. The van der Waals surface area contributed by atoms with Crippen molar-refractivity contribution in [1.82, 2.24) is 20.2 Å². The summed E-state index contributed by atoms with van der Waals surface area (Å²) >= 11 is 12.2. The van der Waals surface area contributed by atoms with E-state index >= 15 is 0 Å². The fraction of sp³-hybridized carbons (Fsp3) is 0.105. The Morgan fingerprint density at radius 1 is 1.07 bits per heavy atom. The van der Waals surface area contributed by atoms with Crippen LogP contribution in [-0.2, 0) is 0 Å². The lowest BCUT2D eigenvalue weighted by Crippen LogP contribution is -2.29. The second-order valence-corrected chi connectivity index (χ2v) is 7.26.